The highest BCUT2D eigenvalue weighted by Gasteiger charge is 2.53. The molecule has 114 valence electrons. The molecule has 5 heteroatoms. The van der Waals surface area contributed by atoms with Crippen molar-refractivity contribution < 1.29 is 9.59 Å². The van der Waals surface area contributed by atoms with Crippen LogP contribution in [-0.2, 0) is 4.79 Å². The molecule has 0 aromatic heterocycles. The van der Waals surface area contributed by atoms with Crippen LogP contribution in [-0.4, -0.2) is 53.5 Å². The van der Waals surface area contributed by atoms with Gasteiger partial charge in [0.2, 0.25) is 0 Å². The van der Waals surface area contributed by atoms with E-state index in [1.165, 1.54) is 0 Å². The van der Waals surface area contributed by atoms with Gasteiger partial charge in [-0.05, 0) is 44.7 Å². The lowest BCUT2D eigenvalue weighted by Gasteiger charge is -2.40. The van der Waals surface area contributed by atoms with E-state index in [0.29, 0.717) is 12.5 Å². The van der Waals surface area contributed by atoms with Crippen molar-refractivity contribution in [3.8, 4) is 0 Å². The molecule has 1 aliphatic heterocycles. The van der Waals surface area contributed by atoms with Crippen molar-refractivity contribution in [3.05, 3.63) is 0 Å². The quantitative estimate of drug-likeness (QED) is 0.782. The van der Waals surface area contributed by atoms with E-state index in [9.17, 15) is 9.59 Å². The summed E-state index contributed by atoms with van der Waals surface area (Å²) in [6, 6.07) is -0.197. The Morgan fingerprint density at radius 2 is 1.85 bits per heavy atom. The fourth-order valence-corrected chi connectivity index (χ4v) is 3.43. The summed E-state index contributed by atoms with van der Waals surface area (Å²) in [5.41, 5.74) is -0.559. The second-order valence-corrected chi connectivity index (χ2v) is 6.15. The fourth-order valence-electron chi connectivity index (χ4n) is 3.43. The molecule has 1 heterocycles. The van der Waals surface area contributed by atoms with E-state index < -0.39 is 5.54 Å². The summed E-state index contributed by atoms with van der Waals surface area (Å²) in [4.78, 5) is 28.5. The number of urea groups is 1. The Morgan fingerprint density at radius 1 is 1.25 bits per heavy atom. The normalized spacial score (nSPS) is 30.4. The molecule has 2 rings (SSSR count). The molecule has 20 heavy (non-hydrogen) atoms. The Labute approximate surface area is 121 Å². The summed E-state index contributed by atoms with van der Waals surface area (Å²) in [7, 11) is 0. The third kappa shape index (κ3) is 2.68. The highest BCUT2D eigenvalue weighted by Crippen LogP contribution is 2.39. The summed E-state index contributed by atoms with van der Waals surface area (Å²) in [5.74, 6) is 0.586. The first-order chi connectivity index (χ1) is 9.53. The van der Waals surface area contributed by atoms with Crippen LogP contribution < -0.4 is 5.32 Å². The highest BCUT2D eigenvalue weighted by molar-refractivity contribution is 6.07. The van der Waals surface area contributed by atoms with E-state index in [1.807, 2.05) is 0 Å². The van der Waals surface area contributed by atoms with Crippen molar-refractivity contribution in [2.45, 2.75) is 52.0 Å². The topological polar surface area (TPSA) is 52.6 Å². The van der Waals surface area contributed by atoms with Crippen LogP contribution in [0, 0.1) is 5.92 Å². The third-order valence-electron chi connectivity index (χ3n) is 5.04. The number of imide groups is 1. The van der Waals surface area contributed by atoms with Crippen molar-refractivity contribution in [1.82, 2.24) is 15.1 Å². The highest BCUT2D eigenvalue weighted by atomic mass is 16.2. The van der Waals surface area contributed by atoms with E-state index in [4.69, 9.17) is 0 Å². The van der Waals surface area contributed by atoms with Crippen molar-refractivity contribution in [2.75, 3.05) is 26.2 Å². The lowest BCUT2D eigenvalue weighted by molar-refractivity contribution is -0.128. The van der Waals surface area contributed by atoms with E-state index in [1.54, 1.807) is 4.90 Å². The molecule has 1 saturated carbocycles. The van der Waals surface area contributed by atoms with Gasteiger partial charge in [-0.3, -0.25) is 10.1 Å². The van der Waals surface area contributed by atoms with Crippen LogP contribution in [0.5, 0.6) is 0 Å². The van der Waals surface area contributed by atoms with E-state index >= 15 is 0 Å². The van der Waals surface area contributed by atoms with Gasteiger partial charge in [-0.25, -0.2) is 4.79 Å². The molecule has 2 fully saturated rings. The zero-order valence-corrected chi connectivity index (χ0v) is 12.9. The average molecular weight is 281 g/mol. The maximum atomic E-state index is 12.3. The van der Waals surface area contributed by atoms with E-state index in [-0.39, 0.29) is 11.9 Å². The molecule has 0 aromatic carbocycles. The molecule has 3 amide bonds. The van der Waals surface area contributed by atoms with Crippen molar-refractivity contribution >= 4 is 11.9 Å². The van der Waals surface area contributed by atoms with Crippen molar-refractivity contribution in [2.24, 2.45) is 5.92 Å². The molecule has 1 saturated heterocycles. The van der Waals surface area contributed by atoms with E-state index in [2.05, 4.69) is 31.0 Å². The van der Waals surface area contributed by atoms with Gasteiger partial charge in [-0.1, -0.05) is 20.8 Å². The molecule has 0 radical (unpaired) electrons. The standard InChI is InChI=1S/C15H27N3O2/c1-4-17(5-2)10-11-18-14(20)16-13(19)15(18)8-6-12(3)7-9-15/h12H,4-11H2,1-3H3,(H,16,19,20). The minimum absolute atomic E-state index is 0.0750. The average Bonchev–Trinajstić information content (AvgIpc) is 2.66. The Bertz CT molecular complexity index is 371. The van der Waals surface area contributed by atoms with Crippen molar-refractivity contribution in [1.29, 1.82) is 0 Å². The summed E-state index contributed by atoms with van der Waals surface area (Å²) < 4.78 is 0. The molecule has 1 aliphatic carbocycles. The molecular formula is C15H27N3O2. The smallest absolute Gasteiger partial charge is 0.308 e. The zero-order valence-electron chi connectivity index (χ0n) is 12.9. The molecular weight excluding hydrogens is 254 g/mol. The van der Waals surface area contributed by atoms with Crippen LogP contribution in [0.25, 0.3) is 0 Å². The van der Waals surface area contributed by atoms with Crippen LogP contribution >= 0.6 is 0 Å². The summed E-state index contributed by atoms with van der Waals surface area (Å²) >= 11 is 0. The van der Waals surface area contributed by atoms with Gasteiger partial charge in [0.1, 0.15) is 5.54 Å². The first-order valence-electron chi connectivity index (χ1n) is 7.89. The number of amides is 3. The van der Waals surface area contributed by atoms with Gasteiger partial charge in [-0.15, -0.1) is 0 Å². The van der Waals surface area contributed by atoms with Crippen LogP contribution in [0.15, 0.2) is 0 Å². The molecule has 2 aliphatic rings. The number of hydrogen-bond donors (Lipinski definition) is 1. The SMILES string of the molecule is CCN(CC)CCN1C(=O)NC(=O)C12CCC(C)CC2. The number of carbonyl (C=O) groups is 2. The lowest BCUT2D eigenvalue weighted by Crippen LogP contribution is -2.53. The maximum absolute atomic E-state index is 12.3. The predicted molar refractivity (Wildman–Crippen MR) is 78.4 cm³/mol. The second kappa shape index (κ2) is 6.12. The monoisotopic (exact) mass is 281 g/mol. The molecule has 0 aromatic rings. The second-order valence-electron chi connectivity index (χ2n) is 6.15. The van der Waals surface area contributed by atoms with Gasteiger partial charge >= 0.3 is 6.03 Å². The summed E-state index contributed by atoms with van der Waals surface area (Å²) in [6.45, 7) is 9.90. The number of hydrogen-bond acceptors (Lipinski definition) is 3. The van der Waals surface area contributed by atoms with Gasteiger partial charge in [-0.2, -0.15) is 0 Å². The Kier molecular flexibility index (Phi) is 4.68. The molecule has 1 N–H and O–H groups in total. The van der Waals surface area contributed by atoms with Crippen LogP contribution in [0.1, 0.15) is 46.5 Å². The molecule has 1 spiro atoms. The summed E-state index contributed by atoms with van der Waals surface area (Å²) in [5, 5.41) is 2.53. The van der Waals surface area contributed by atoms with Gasteiger partial charge < -0.3 is 9.80 Å². The van der Waals surface area contributed by atoms with Crippen molar-refractivity contribution in [3.63, 3.8) is 0 Å². The van der Waals surface area contributed by atoms with Gasteiger partial charge in [0.05, 0.1) is 0 Å². The first-order valence-corrected chi connectivity index (χ1v) is 7.89. The van der Waals surface area contributed by atoms with Gasteiger partial charge in [0.25, 0.3) is 5.91 Å². The van der Waals surface area contributed by atoms with Crippen LogP contribution in [0.3, 0.4) is 0 Å². The zero-order chi connectivity index (χ0) is 14.8. The Hall–Kier alpha value is -1.10. The molecule has 5 nitrogen and oxygen atoms in total. The number of nitrogens with zero attached hydrogens (tertiary/aromatic N) is 2. The van der Waals surface area contributed by atoms with Gasteiger partial charge in [0.15, 0.2) is 0 Å². The molecule has 0 atom stereocenters. The van der Waals surface area contributed by atoms with Crippen LogP contribution in [0.4, 0.5) is 4.79 Å². The molecule has 0 unspecified atom stereocenters. The number of rotatable bonds is 5. The minimum Gasteiger partial charge on any atom is -0.308 e. The Morgan fingerprint density at radius 3 is 2.40 bits per heavy atom. The third-order valence-corrected chi connectivity index (χ3v) is 5.04. The number of carbonyl (C=O) groups excluding carboxylic acids is 2. The lowest BCUT2D eigenvalue weighted by atomic mass is 9.76. The van der Waals surface area contributed by atoms with E-state index in [0.717, 1.165) is 45.3 Å². The molecule has 0 bridgehead atoms. The first kappa shape index (κ1) is 15.3. The number of likely N-dealkylation sites (N-methyl/N-ethyl adjacent to an activating group) is 1. The fraction of sp³-hybridized carbons (Fsp3) is 0.867. The maximum Gasteiger partial charge on any atom is 0.325 e. The largest absolute Gasteiger partial charge is 0.325 e. The summed E-state index contributed by atoms with van der Waals surface area (Å²) in [6.07, 6.45) is 3.68. The predicted octanol–water partition coefficient (Wildman–Crippen LogP) is 1.83. The van der Waals surface area contributed by atoms with Gasteiger partial charge in [0, 0.05) is 13.1 Å². The Balaban J connectivity index is 2.08. The van der Waals surface area contributed by atoms with Crippen LogP contribution in [0.2, 0.25) is 0 Å². The minimum atomic E-state index is -0.559. The number of nitrogens with one attached hydrogen (secondary N) is 1.